The van der Waals surface area contributed by atoms with Crippen LogP contribution in [0.3, 0.4) is 0 Å². The number of fused-ring (bicyclic) bond motifs is 1. The van der Waals surface area contributed by atoms with E-state index >= 15 is 0 Å². The van der Waals surface area contributed by atoms with Crippen LogP contribution in [0, 0.1) is 6.92 Å². The van der Waals surface area contributed by atoms with Crippen LogP contribution in [-0.2, 0) is 4.79 Å². The number of nitrogens with zero attached hydrogens (tertiary/aromatic N) is 5. The molecule has 1 amide bonds. The van der Waals surface area contributed by atoms with E-state index in [1.54, 1.807) is 10.9 Å². The number of aryl methyl sites for hydroxylation is 1. The van der Waals surface area contributed by atoms with Gasteiger partial charge < -0.3 is 10.1 Å². The summed E-state index contributed by atoms with van der Waals surface area (Å²) in [4.78, 5) is 17.3. The predicted molar refractivity (Wildman–Crippen MR) is 124 cm³/mol. The first-order valence-electron chi connectivity index (χ1n) is 10.9. The Morgan fingerprint density at radius 1 is 1.09 bits per heavy atom. The monoisotopic (exact) mass is 440 g/mol. The second-order valence-electron chi connectivity index (χ2n) is 8.31. The van der Waals surface area contributed by atoms with Crippen LogP contribution in [0.25, 0.3) is 17.2 Å². The Balaban J connectivity index is 1.55. The Morgan fingerprint density at radius 2 is 1.85 bits per heavy atom. The Bertz CT molecular complexity index is 1300. The number of benzene rings is 2. The summed E-state index contributed by atoms with van der Waals surface area (Å²) in [6.45, 7) is 5.92. The van der Waals surface area contributed by atoms with Gasteiger partial charge in [-0.15, -0.1) is 5.10 Å². The van der Waals surface area contributed by atoms with Gasteiger partial charge in [0, 0.05) is 23.5 Å². The molecule has 166 valence electrons. The van der Waals surface area contributed by atoms with E-state index in [1.165, 1.54) is 0 Å². The summed E-state index contributed by atoms with van der Waals surface area (Å²) in [5.41, 5.74) is 4.41. The molecule has 33 heavy (non-hydrogen) atoms. The first kappa shape index (κ1) is 20.8. The van der Waals surface area contributed by atoms with E-state index < -0.39 is 0 Å². The fraction of sp³-hybridized carbons (Fsp3) is 0.240. The first-order chi connectivity index (χ1) is 16.0. The van der Waals surface area contributed by atoms with Gasteiger partial charge in [0.1, 0.15) is 11.6 Å². The number of hydrogen-bond acceptors (Lipinski definition) is 6. The Labute approximate surface area is 191 Å². The molecule has 0 bridgehead atoms. The molecule has 0 saturated carbocycles. The number of ether oxygens (including phenoxy) is 1. The van der Waals surface area contributed by atoms with Crippen molar-refractivity contribution in [2.75, 3.05) is 5.32 Å². The molecule has 8 heteroatoms. The fourth-order valence-electron chi connectivity index (χ4n) is 4.16. The number of carbonyl (C=O) groups is 1. The molecule has 4 aromatic rings. The molecular formula is C25H24N6O2. The zero-order chi connectivity index (χ0) is 22.9. The van der Waals surface area contributed by atoms with Gasteiger partial charge in [-0.3, -0.25) is 4.79 Å². The van der Waals surface area contributed by atoms with Crippen LogP contribution in [0.2, 0.25) is 0 Å². The third-order valence-corrected chi connectivity index (χ3v) is 5.56. The van der Waals surface area contributed by atoms with Crippen LogP contribution in [-0.4, -0.2) is 37.0 Å². The smallest absolute Gasteiger partial charge is 0.272 e. The largest absolute Gasteiger partial charge is 0.491 e. The second-order valence-corrected chi connectivity index (χ2v) is 8.31. The van der Waals surface area contributed by atoms with E-state index in [9.17, 15) is 4.79 Å². The molecule has 1 atom stereocenters. The predicted octanol–water partition coefficient (Wildman–Crippen LogP) is 4.29. The molecule has 1 aliphatic heterocycles. The van der Waals surface area contributed by atoms with E-state index in [4.69, 9.17) is 4.74 Å². The molecule has 0 saturated heterocycles. The molecule has 1 N–H and O–H groups in total. The van der Waals surface area contributed by atoms with E-state index in [1.807, 2.05) is 75.4 Å². The fourth-order valence-corrected chi connectivity index (χ4v) is 4.16. The lowest BCUT2D eigenvalue weighted by atomic mass is 9.86. The van der Waals surface area contributed by atoms with Crippen molar-refractivity contribution in [3.63, 3.8) is 0 Å². The minimum atomic E-state index is -0.124. The maximum absolute atomic E-state index is 12.7. The van der Waals surface area contributed by atoms with Crippen LogP contribution in [0.15, 0.2) is 60.8 Å². The van der Waals surface area contributed by atoms with Gasteiger partial charge in [-0.25, -0.2) is 4.98 Å². The molecule has 0 aliphatic carbocycles. The van der Waals surface area contributed by atoms with Crippen molar-refractivity contribution in [2.24, 2.45) is 0 Å². The highest BCUT2D eigenvalue weighted by Gasteiger charge is 2.33. The summed E-state index contributed by atoms with van der Waals surface area (Å²) in [6, 6.07) is 17.7. The summed E-state index contributed by atoms with van der Waals surface area (Å²) in [5.74, 6) is 1.49. The van der Waals surface area contributed by atoms with Crippen LogP contribution >= 0.6 is 0 Å². The minimum absolute atomic E-state index is 0.0802. The number of hydrogen-bond donors (Lipinski definition) is 1. The molecule has 5 rings (SSSR count). The maximum atomic E-state index is 12.7. The van der Waals surface area contributed by atoms with Crippen molar-refractivity contribution >= 4 is 11.7 Å². The average molecular weight is 441 g/mol. The lowest BCUT2D eigenvalue weighted by molar-refractivity contribution is -0.116. The molecule has 0 radical (unpaired) electrons. The number of nitrogens with one attached hydrogen (secondary N) is 1. The Kier molecular flexibility index (Phi) is 5.34. The normalized spacial score (nSPS) is 15.3. The van der Waals surface area contributed by atoms with Crippen molar-refractivity contribution in [2.45, 2.75) is 39.2 Å². The van der Waals surface area contributed by atoms with Crippen molar-refractivity contribution < 1.29 is 9.53 Å². The molecular weight excluding hydrogens is 416 g/mol. The summed E-state index contributed by atoms with van der Waals surface area (Å²) < 4.78 is 7.34. The highest BCUT2D eigenvalue weighted by Crippen LogP contribution is 2.40. The second kappa shape index (κ2) is 8.46. The van der Waals surface area contributed by atoms with Gasteiger partial charge in [-0.2, -0.15) is 14.9 Å². The van der Waals surface area contributed by atoms with E-state index in [0.29, 0.717) is 23.9 Å². The quantitative estimate of drug-likeness (QED) is 0.497. The topological polar surface area (TPSA) is 94.8 Å². The molecule has 0 unspecified atom stereocenters. The SMILES string of the molecule is Cc1nn(-c2nncc(-c3ccccc3)n2)c2c1[C@H](c1ccc(OC(C)C)cc1)CC(=O)N2. The molecule has 2 aromatic heterocycles. The standard InChI is InChI=1S/C25H24N6O2/c1-15(2)33-19-11-9-17(10-12-19)20-13-22(32)28-24-23(20)16(3)30-31(24)25-27-21(14-26-29-25)18-7-5-4-6-8-18/h4-12,14-15,20H,13H2,1-3H3,(H,28,32)/t20-/m0/s1. The molecule has 0 fully saturated rings. The highest BCUT2D eigenvalue weighted by molar-refractivity contribution is 5.95. The Morgan fingerprint density at radius 3 is 2.58 bits per heavy atom. The van der Waals surface area contributed by atoms with E-state index in [0.717, 1.165) is 28.1 Å². The third-order valence-electron chi connectivity index (χ3n) is 5.56. The van der Waals surface area contributed by atoms with Crippen molar-refractivity contribution in [3.8, 4) is 23.0 Å². The van der Waals surface area contributed by atoms with Crippen LogP contribution < -0.4 is 10.1 Å². The van der Waals surface area contributed by atoms with Gasteiger partial charge >= 0.3 is 0 Å². The number of rotatable bonds is 5. The summed E-state index contributed by atoms with van der Waals surface area (Å²) in [7, 11) is 0. The van der Waals surface area contributed by atoms with Gasteiger partial charge in [0.05, 0.1) is 23.7 Å². The molecule has 0 spiro atoms. The van der Waals surface area contributed by atoms with Crippen molar-refractivity contribution in [1.82, 2.24) is 25.0 Å². The van der Waals surface area contributed by atoms with Crippen molar-refractivity contribution in [1.29, 1.82) is 0 Å². The zero-order valence-corrected chi connectivity index (χ0v) is 18.7. The van der Waals surface area contributed by atoms with E-state index in [-0.39, 0.29) is 17.9 Å². The van der Waals surface area contributed by atoms with Crippen LogP contribution in [0.5, 0.6) is 5.75 Å². The minimum Gasteiger partial charge on any atom is -0.491 e. The maximum Gasteiger partial charge on any atom is 0.272 e. The van der Waals surface area contributed by atoms with Gasteiger partial charge in [0.2, 0.25) is 5.91 Å². The molecule has 3 heterocycles. The first-order valence-corrected chi connectivity index (χ1v) is 10.9. The van der Waals surface area contributed by atoms with Gasteiger partial charge in [0.15, 0.2) is 0 Å². The highest BCUT2D eigenvalue weighted by atomic mass is 16.5. The van der Waals surface area contributed by atoms with E-state index in [2.05, 4.69) is 25.6 Å². The van der Waals surface area contributed by atoms with Gasteiger partial charge in [-0.05, 0) is 38.5 Å². The summed E-state index contributed by atoms with van der Waals surface area (Å²) in [6.07, 6.45) is 2.06. The van der Waals surface area contributed by atoms with Crippen LogP contribution in [0.1, 0.15) is 43.0 Å². The molecule has 8 nitrogen and oxygen atoms in total. The summed E-state index contributed by atoms with van der Waals surface area (Å²) >= 11 is 0. The number of anilines is 1. The van der Waals surface area contributed by atoms with Crippen LogP contribution in [0.4, 0.5) is 5.82 Å². The number of carbonyl (C=O) groups excluding carboxylic acids is 1. The van der Waals surface area contributed by atoms with Gasteiger partial charge in [-0.1, -0.05) is 42.5 Å². The molecule has 2 aromatic carbocycles. The zero-order valence-electron chi connectivity index (χ0n) is 18.7. The number of aromatic nitrogens is 5. The average Bonchev–Trinajstić information content (AvgIpc) is 3.15. The number of amides is 1. The lowest BCUT2D eigenvalue weighted by Gasteiger charge is -2.24. The summed E-state index contributed by atoms with van der Waals surface area (Å²) in [5, 5.41) is 16.0. The van der Waals surface area contributed by atoms with Crippen molar-refractivity contribution in [3.05, 3.63) is 77.6 Å². The third kappa shape index (κ3) is 4.07. The lowest BCUT2D eigenvalue weighted by Crippen LogP contribution is -2.25. The Hall–Kier alpha value is -4.07. The van der Waals surface area contributed by atoms with Gasteiger partial charge in [0.25, 0.3) is 5.95 Å². The molecule has 1 aliphatic rings.